The van der Waals surface area contributed by atoms with Gasteiger partial charge in [0.25, 0.3) is 0 Å². The molecule has 0 saturated carbocycles. The van der Waals surface area contributed by atoms with Crippen molar-refractivity contribution in [3.8, 4) is 24.7 Å². The Balaban J connectivity index is 4.06. The summed E-state index contributed by atoms with van der Waals surface area (Å²) in [5.41, 5.74) is -1.82. The second kappa shape index (κ2) is 5.05. The highest BCUT2D eigenvalue weighted by Gasteiger charge is 2.25. The Kier molecular flexibility index (Phi) is 4.71. The molecule has 14 heavy (non-hydrogen) atoms. The van der Waals surface area contributed by atoms with Crippen molar-refractivity contribution in [3.63, 3.8) is 0 Å². The third-order valence-corrected chi connectivity index (χ3v) is 2.17. The van der Waals surface area contributed by atoms with Gasteiger partial charge < -0.3 is 10.2 Å². The average molecular weight is 194 g/mol. The maximum atomic E-state index is 9.74. The molecule has 0 spiro atoms. The molecule has 0 rings (SSSR count). The molecule has 0 aliphatic heterocycles. The van der Waals surface area contributed by atoms with E-state index in [1.165, 1.54) is 0 Å². The fourth-order valence-corrected chi connectivity index (χ4v) is 1.16. The molecule has 0 aromatic carbocycles. The van der Waals surface area contributed by atoms with Crippen LogP contribution in [0.2, 0.25) is 0 Å². The Morgan fingerprint density at radius 2 is 1.21 bits per heavy atom. The van der Waals surface area contributed by atoms with Gasteiger partial charge in [0, 0.05) is 12.8 Å². The standard InChI is InChI=1S/C12H18O2/c1-5-7-11(3,13)9-10-12(4,14)8-6-2/h1-2,13-14H,7-10H2,3-4H3. The molecule has 0 bridgehead atoms. The molecule has 0 aliphatic carbocycles. The van der Waals surface area contributed by atoms with Crippen molar-refractivity contribution in [1.29, 1.82) is 0 Å². The van der Waals surface area contributed by atoms with Gasteiger partial charge in [-0.2, -0.15) is 0 Å². The molecule has 0 fully saturated rings. The highest BCUT2D eigenvalue weighted by atomic mass is 16.3. The van der Waals surface area contributed by atoms with E-state index in [0.29, 0.717) is 25.7 Å². The van der Waals surface area contributed by atoms with E-state index in [1.54, 1.807) is 13.8 Å². The highest BCUT2D eigenvalue weighted by molar-refractivity contribution is 4.96. The molecule has 0 saturated heterocycles. The summed E-state index contributed by atoms with van der Waals surface area (Å²) < 4.78 is 0. The Bertz CT molecular complexity index is 222. The lowest BCUT2D eigenvalue weighted by Gasteiger charge is -2.26. The summed E-state index contributed by atoms with van der Waals surface area (Å²) in [4.78, 5) is 0. The van der Waals surface area contributed by atoms with Crippen LogP contribution >= 0.6 is 0 Å². The first-order valence-corrected chi connectivity index (χ1v) is 4.65. The number of aliphatic hydroxyl groups is 2. The molecule has 0 aromatic heterocycles. The van der Waals surface area contributed by atoms with Crippen molar-refractivity contribution in [2.24, 2.45) is 0 Å². The van der Waals surface area contributed by atoms with Crippen molar-refractivity contribution in [2.45, 2.75) is 50.7 Å². The van der Waals surface area contributed by atoms with Gasteiger partial charge in [-0.15, -0.1) is 24.7 Å². The summed E-state index contributed by atoms with van der Waals surface area (Å²) in [5.74, 6) is 4.81. The van der Waals surface area contributed by atoms with Crippen molar-refractivity contribution in [1.82, 2.24) is 0 Å². The third kappa shape index (κ3) is 5.65. The van der Waals surface area contributed by atoms with Crippen LogP contribution in [0.25, 0.3) is 0 Å². The summed E-state index contributed by atoms with van der Waals surface area (Å²) in [6.45, 7) is 3.33. The molecule has 2 unspecified atom stereocenters. The van der Waals surface area contributed by atoms with E-state index in [9.17, 15) is 10.2 Å². The molecule has 0 aromatic rings. The van der Waals surface area contributed by atoms with Gasteiger partial charge in [0.2, 0.25) is 0 Å². The Morgan fingerprint density at radius 1 is 0.929 bits per heavy atom. The van der Waals surface area contributed by atoms with Crippen LogP contribution in [0.1, 0.15) is 39.5 Å². The number of hydrogen-bond donors (Lipinski definition) is 2. The van der Waals surface area contributed by atoms with Gasteiger partial charge in [-0.3, -0.25) is 0 Å². The Morgan fingerprint density at radius 3 is 1.43 bits per heavy atom. The molecule has 0 radical (unpaired) electrons. The molecular formula is C12H18O2. The van der Waals surface area contributed by atoms with Crippen LogP contribution in [0.4, 0.5) is 0 Å². The Labute approximate surface area is 86.3 Å². The van der Waals surface area contributed by atoms with E-state index in [0.717, 1.165) is 0 Å². The van der Waals surface area contributed by atoms with Gasteiger partial charge >= 0.3 is 0 Å². The molecule has 2 nitrogen and oxygen atoms in total. The van der Waals surface area contributed by atoms with Crippen LogP contribution in [0.3, 0.4) is 0 Å². The fourth-order valence-electron chi connectivity index (χ4n) is 1.16. The van der Waals surface area contributed by atoms with Crippen LogP contribution in [-0.2, 0) is 0 Å². The molecule has 0 heterocycles. The second-order valence-corrected chi connectivity index (χ2v) is 4.26. The van der Waals surface area contributed by atoms with Gasteiger partial charge in [-0.1, -0.05) is 0 Å². The number of terminal acetylenes is 2. The van der Waals surface area contributed by atoms with Gasteiger partial charge in [-0.05, 0) is 26.7 Å². The van der Waals surface area contributed by atoms with Crippen molar-refractivity contribution in [2.75, 3.05) is 0 Å². The predicted octanol–water partition coefficient (Wildman–Crippen LogP) is 1.32. The quantitative estimate of drug-likeness (QED) is 0.648. The van der Waals surface area contributed by atoms with E-state index in [4.69, 9.17) is 12.8 Å². The van der Waals surface area contributed by atoms with Crippen LogP contribution in [0, 0.1) is 24.7 Å². The van der Waals surface area contributed by atoms with Crippen LogP contribution in [-0.4, -0.2) is 21.4 Å². The fraction of sp³-hybridized carbons (Fsp3) is 0.667. The summed E-state index contributed by atoms with van der Waals surface area (Å²) in [6, 6.07) is 0. The van der Waals surface area contributed by atoms with Crippen LogP contribution < -0.4 is 0 Å². The summed E-state index contributed by atoms with van der Waals surface area (Å²) in [6.07, 6.45) is 11.7. The molecule has 2 N–H and O–H groups in total. The van der Waals surface area contributed by atoms with E-state index < -0.39 is 11.2 Å². The minimum atomic E-state index is -0.909. The zero-order valence-corrected chi connectivity index (χ0v) is 8.88. The van der Waals surface area contributed by atoms with Gasteiger partial charge in [0.15, 0.2) is 0 Å². The first-order chi connectivity index (χ1) is 6.33. The van der Waals surface area contributed by atoms with E-state index in [-0.39, 0.29) is 0 Å². The molecule has 78 valence electrons. The van der Waals surface area contributed by atoms with Crippen molar-refractivity contribution >= 4 is 0 Å². The van der Waals surface area contributed by atoms with Gasteiger partial charge in [-0.25, -0.2) is 0 Å². The average Bonchev–Trinajstić information content (AvgIpc) is 2.01. The normalized spacial score (nSPS) is 18.7. The lowest BCUT2D eigenvalue weighted by molar-refractivity contribution is 0.00259. The molecule has 0 amide bonds. The second-order valence-electron chi connectivity index (χ2n) is 4.26. The third-order valence-electron chi connectivity index (χ3n) is 2.17. The minimum absolute atomic E-state index is 0.291. The van der Waals surface area contributed by atoms with Crippen LogP contribution in [0.5, 0.6) is 0 Å². The zero-order valence-electron chi connectivity index (χ0n) is 8.88. The molecule has 2 atom stereocenters. The van der Waals surface area contributed by atoms with E-state index in [2.05, 4.69) is 11.8 Å². The lowest BCUT2D eigenvalue weighted by atomic mass is 9.88. The summed E-state index contributed by atoms with van der Waals surface area (Å²) >= 11 is 0. The largest absolute Gasteiger partial charge is 0.389 e. The maximum Gasteiger partial charge on any atom is 0.0729 e. The highest BCUT2D eigenvalue weighted by Crippen LogP contribution is 2.23. The van der Waals surface area contributed by atoms with Crippen LogP contribution in [0.15, 0.2) is 0 Å². The van der Waals surface area contributed by atoms with Crippen molar-refractivity contribution < 1.29 is 10.2 Å². The minimum Gasteiger partial charge on any atom is -0.389 e. The predicted molar refractivity (Wildman–Crippen MR) is 57.4 cm³/mol. The maximum absolute atomic E-state index is 9.74. The first kappa shape index (κ1) is 13.0. The topological polar surface area (TPSA) is 40.5 Å². The van der Waals surface area contributed by atoms with Crippen molar-refractivity contribution in [3.05, 3.63) is 0 Å². The Hall–Kier alpha value is -0.960. The van der Waals surface area contributed by atoms with E-state index in [1.807, 2.05) is 0 Å². The summed E-state index contributed by atoms with van der Waals surface area (Å²) in [7, 11) is 0. The first-order valence-electron chi connectivity index (χ1n) is 4.65. The smallest absolute Gasteiger partial charge is 0.0729 e. The van der Waals surface area contributed by atoms with Gasteiger partial charge in [0.1, 0.15) is 0 Å². The summed E-state index contributed by atoms with van der Waals surface area (Å²) in [5, 5.41) is 19.5. The van der Waals surface area contributed by atoms with E-state index >= 15 is 0 Å². The SMILES string of the molecule is C#CCC(C)(O)CCC(C)(O)CC#C. The number of rotatable bonds is 5. The van der Waals surface area contributed by atoms with Gasteiger partial charge in [0.05, 0.1) is 11.2 Å². The number of hydrogen-bond acceptors (Lipinski definition) is 2. The lowest BCUT2D eigenvalue weighted by Crippen LogP contribution is -2.30. The molecule has 0 aliphatic rings. The molecular weight excluding hydrogens is 176 g/mol. The zero-order chi connectivity index (χ0) is 11.2. The molecule has 2 heteroatoms. The monoisotopic (exact) mass is 194 g/mol.